The molecule has 3 aliphatic heterocycles. The standard InChI is InChI=1S/C43H52BN5O7/c1-25(2)34(47-41(50)53-9)24-48-16-10-11-36(48)39-45-23-33(46-39)26-12-14-32-37-20-27-17-29(44-55-42(3,4)43(5,6)56-44)13-15-35(27)49(37)40(54-38(32)21-26)28-18-30(51-7)22-31(19-28)52-8/h12-15,17-23,25,34,36,40H,10-11,16,24H2,1-9H3,(H,45,46)(H,47,50). The number of H-pyrrole nitrogens is 1. The number of imidazole rings is 1. The number of rotatable bonds is 10. The van der Waals surface area contributed by atoms with Gasteiger partial charge >= 0.3 is 13.2 Å². The lowest BCUT2D eigenvalue weighted by Crippen LogP contribution is -2.46. The third-order valence-electron chi connectivity index (χ3n) is 12.1. The van der Waals surface area contributed by atoms with Gasteiger partial charge < -0.3 is 43.1 Å². The van der Waals surface area contributed by atoms with Gasteiger partial charge in [-0.1, -0.05) is 32.0 Å². The van der Waals surface area contributed by atoms with Crippen LogP contribution in [0.15, 0.2) is 66.9 Å². The predicted molar refractivity (Wildman–Crippen MR) is 217 cm³/mol. The summed E-state index contributed by atoms with van der Waals surface area (Å²) in [6.45, 7) is 14.2. The van der Waals surface area contributed by atoms with Crippen molar-refractivity contribution >= 4 is 29.6 Å². The van der Waals surface area contributed by atoms with Crippen molar-refractivity contribution in [1.29, 1.82) is 0 Å². The Kier molecular flexibility index (Phi) is 9.83. The second-order valence-corrected chi connectivity index (χ2v) is 16.5. The van der Waals surface area contributed by atoms with Gasteiger partial charge in [-0.3, -0.25) is 4.90 Å². The number of carbonyl (C=O) groups excluding carboxylic acids is 1. The molecule has 5 aromatic rings. The fourth-order valence-electron chi connectivity index (χ4n) is 8.09. The molecule has 1 amide bonds. The molecule has 13 heteroatoms. The Labute approximate surface area is 328 Å². The normalized spacial score (nSPS) is 20.4. The maximum absolute atomic E-state index is 12.1. The van der Waals surface area contributed by atoms with Crippen LogP contribution in [0.3, 0.4) is 0 Å². The summed E-state index contributed by atoms with van der Waals surface area (Å²) in [5.41, 5.74) is 5.86. The first kappa shape index (κ1) is 37.9. The number of alkyl carbamates (subject to hydrolysis) is 1. The molecule has 3 atom stereocenters. The van der Waals surface area contributed by atoms with Crippen molar-refractivity contribution in [3.05, 3.63) is 78.2 Å². The van der Waals surface area contributed by atoms with E-state index in [1.54, 1.807) is 14.2 Å². The van der Waals surface area contributed by atoms with Crippen LogP contribution in [0.25, 0.3) is 33.4 Å². The molecule has 2 aromatic heterocycles. The topological polar surface area (TPSA) is 121 Å². The maximum atomic E-state index is 12.1. The number of fused-ring (bicyclic) bond motifs is 5. The lowest BCUT2D eigenvalue weighted by molar-refractivity contribution is 0.00578. The van der Waals surface area contributed by atoms with Gasteiger partial charge in [-0.25, -0.2) is 9.78 Å². The van der Waals surface area contributed by atoms with Crippen LogP contribution in [0, 0.1) is 5.92 Å². The van der Waals surface area contributed by atoms with Crippen LogP contribution >= 0.6 is 0 Å². The molecule has 3 aromatic carbocycles. The molecule has 5 heterocycles. The molecule has 3 unspecified atom stereocenters. The van der Waals surface area contributed by atoms with Crippen molar-refractivity contribution in [3.63, 3.8) is 0 Å². The Bertz CT molecular complexity index is 2230. The Morgan fingerprint density at radius 2 is 1.71 bits per heavy atom. The molecule has 56 heavy (non-hydrogen) atoms. The van der Waals surface area contributed by atoms with E-state index in [0.717, 1.165) is 75.4 Å². The van der Waals surface area contributed by atoms with E-state index >= 15 is 0 Å². The summed E-state index contributed by atoms with van der Waals surface area (Å²) in [4.78, 5) is 23.0. The van der Waals surface area contributed by atoms with Gasteiger partial charge in [0.2, 0.25) is 6.23 Å². The predicted octanol–water partition coefficient (Wildman–Crippen LogP) is 7.47. The molecule has 0 bridgehead atoms. The Morgan fingerprint density at radius 1 is 0.982 bits per heavy atom. The number of carbonyl (C=O) groups is 1. The summed E-state index contributed by atoms with van der Waals surface area (Å²) < 4.78 is 38.4. The summed E-state index contributed by atoms with van der Waals surface area (Å²) >= 11 is 0. The molecule has 2 fully saturated rings. The molecule has 0 radical (unpaired) electrons. The van der Waals surface area contributed by atoms with Crippen molar-refractivity contribution in [2.45, 2.75) is 83.9 Å². The molecule has 0 spiro atoms. The number of hydrogen-bond donors (Lipinski definition) is 2. The van der Waals surface area contributed by atoms with E-state index in [2.05, 4.69) is 104 Å². The molecule has 0 aliphatic carbocycles. The summed E-state index contributed by atoms with van der Waals surface area (Å²) in [6, 6.07) is 20.9. The SMILES string of the molecule is COC(=O)NC(CN1CCCC1c1ncc(-c2ccc3c(c2)OC(c2cc(OC)cc(OC)c2)n2c-3cc3cc(B4OC(C)(C)C(C)(C)O4)ccc32)[nH]1)C(C)C. The van der Waals surface area contributed by atoms with Crippen LogP contribution in [-0.4, -0.2) is 84.3 Å². The van der Waals surface area contributed by atoms with Crippen LogP contribution in [0.4, 0.5) is 4.79 Å². The highest BCUT2D eigenvalue weighted by Gasteiger charge is 2.51. The smallest absolute Gasteiger partial charge is 0.494 e. The third-order valence-corrected chi connectivity index (χ3v) is 12.1. The fourth-order valence-corrected chi connectivity index (χ4v) is 8.09. The van der Waals surface area contributed by atoms with Gasteiger partial charge in [0.15, 0.2) is 0 Å². The minimum atomic E-state index is -0.520. The summed E-state index contributed by atoms with van der Waals surface area (Å²) in [7, 11) is 4.23. The fraction of sp³-hybridized carbons (Fsp3) is 0.442. The van der Waals surface area contributed by atoms with Crippen LogP contribution in [0.1, 0.15) is 78.0 Å². The van der Waals surface area contributed by atoms with E-state index in [0.29, 0.717) is 18.0 Å². The Balaban J connectivity index is 1.15. The van der Waals surface area contributed by atoms with Gasteiger partial charge in [0.05, 0.1) is 61.7 Å². The van der Waals surface area contributed by atoms with E-state index in [9.17, 15) is 4.79 Å². The number of hydrogen-bond acceptors (Lipinski definition) is 9. The third kappa shape index (κ3) is 6.79. The van der Waals surface area contributed by atoms with E-state index in [1.165, 1.54) is 7.11 Å². The molecule has 2 saturated heterocycles. The van der Waals surface area contributed by atoms with Gasteiger partial charge in [0, 0.05) is 40.7 Å². The number of amides is 1. The molecular weight excluding hydrogens is 709 g/mol. The molecule has 8 rings (SSSR count). The first-order valence-electron chi connectivity index (χ1n) is 19.5. The number of aromatic nitrogens is 3. The number of ether oxygens (including phenoxy) is 4. The molecular formula is C43H52BN5O7. The minimum Gasteiger partial charge on any atom is -0.497 e. The van der Waals surface area contributed by atoms with E-state index in [4.69, 9.17) is 33.2 Å². The van der Waals surface area contributed by atoms with E-state index in [-0.39, 0.29) is 18.0 Å². The van der Waals surface area contributed by atoms with Crippen molar-refractivity contribution < 1.29 is 33.1 Å². The first-order chi connectivity index (χ1) is 26.8. The molecule has 3 aliphatic rings. The van der Waals surface area contributed by atoms with Crippen LogP contribution in [0.5, 0.6) is 17.2 Å². The first-order valence-corrected chi connectivity index (χ1v) is 19.5. The summed E-state index contributed by atoms with van der Waals surface area (Å²) in [5, 5.41) is 4.07. The largest absolute Gasteiger partial charge is 0.497 e. The highest BCUT2D eigenvalue weighted by molar-refractivity contribution is 6.62. The van der Waals surface area contributed by atoms with Gasteiger partial charge in [0.25, 0.3) is 0 Å². The Morgan fingerprint density at radius 3 is 2.39 bits per heavy atom. The number of nitrogens with zero attached hydrogens (tertiary/aromatic N) is 3. The van der Waals surface area contributed by atoms with Crippen LogP contribution in [0.2, 0.25) is 0 Å². The van der Waals surface area contributed by atoms with Crippen molar-refractivity contribution in [1.82, 2.24) is 24.8 Å². The molecule has 12 nitrogen and oxygen atoms in total. The monoisotopic (exact) mass is 761 g/mol. The average Bonchev–Trinajstić information content (AvgIpc) is 3.98. The molecule has 2 N–H and O–H groups in total. The van der Waals surface area contributed by atoms with Gasteiger partial charge in [-0.2, -0.15) is 0 Å². The second kappa shape index (κ2) is 14.5. The summed E-state index contributed by atoms with van der Waals surface area (Å²) in [5.74, 6) is 3.26. The van der Waals surface area contributed by atoms with Crippen molar-refractivity contribution in [3.8, 4) is 39.8 Å². The van der Waals surface area contributed by atoms with Crippen LogP contribution in [-0.2, 0) is 14.0 Å². The number of methoxy groups -OCH3 is 3. The number of likely N-dealkylation sites (tertiary alicyclic amines) is 1. The Hall–Kier alpha value is -4.98. The average molecular weight is 762 g/mol. The molecule has 0 saturated carbocycles. The highest BCUT2D eigenvalue weighted by atomic mass is 16.7. The second-order valence-electron chi connectivity index (χ2n) is 16.5. The van der Waals surface area contributed by atoms with E-state index < -0.39 is 30.6 Å². The van der Waals surface area contributed by atoms with Gasteiger partial charge in [0.1, 0.15) is 23.1 Å². The van der Waals surface area contributed by atoms with Gasteiger partial charge in [-0.15, -0.1) is 0 Å². The van der Waals surface area contributed by atoms with Crippen molar-refractivity contribution in [2.75, 3.05) is 34.4 Å². The van der Waals surface area contributed by atoms with Crippen molar-refractivity contribution in [2.24, 2.45) is 5.92 Å². The zero-order chi connectivity index (χ0) is 39.5. The van der Waals surface area contributed by atoms with E-state index in [1.807, 2.05) is 24.4 Å². The van der Waals surface area contributed by atoms with Crippen LogP contribution < -0.4 is 25.0 Å². The zero-order valence-electron chi connectivity index (χ0n) is 33.8. The lowest BCUT2D eigenvalue weighted by atomic mass is 9.78. The number of aromatic amines is 1. The lowest BCUT2D eigenvalue weighted by Gasteiger charge is -2.32. The summed E-state index contributed by atoms with van der Waals surface area (Å²) in [6.07, 6.45) is 3.01. The van der Waals surface area contributed by atoms with Gasteiger partial charge in [-0.05, 0) is 94.9 Å². The minimum absolute atomic E-state index is 0.0429. The zero-order valence-corrected chi connectivity index (χ0v) is 33.8. The highest BCUT2D eigenvalue weighted by Crippen LogP contribution is 2.47. The number of benzene rings is 3. The maximum Gasteiger partial charge on any atom is 0.494 e. The number of nitrogens with one attached hydrogen (secondary N) is 2. The molecule has 294 valence electrons. The quantitative estimate of drug-likeness (QED) is 0.140.